The van der Waals surface area contributed by atoms with Crippen LogP contribution in [0.25, 0.3) is 95.1 Å². The number of aromatic nitrogens is 4. The van der Waals surface area contributed by atoms with E-state index in [0.29, 0.717) is 0 Å². The maximum atomic E-state index is 5.57. The first-order valence-corrected chi connectivity index (χ1v) is 24.7. The summed E-state index contributed by atoms with van der Waals surface area (Å²) in [6, 6.07) is 57.4. The van der Waals surface area contributed by atoms with Crippen LogP contribution < -0.4 is 0 Å². The second-order valence-electron chi connectivity index (χ2n) is 17.1. The number of benzene rings is 6. The monoisotopic (exact) mass is 898 g/mol. The number of aryl methyl sites for hydroxylation is 1. The molecule has 0 amide bonds. The van der Waals surface area contributed by atoms with E-state index >= 15 is 0 Å². The van der Waals surface area contributed by atoms with E-state index < -0.39 is 0 Å². The summed E-state index contributed by atoms with van der Waals surface area (Å²) >= 11 is 0. The summed E-state index contributed by atoms with van der Waals surface area (Å²) in [5.41, 5.74) is 18.3. The number of hydrogen-bond donors (Lipinski definition) is 0. The van der Waals surface area contributed by atoms with Gasteiger partial charge in [-0.1, -0.05) is 174 Å². The predicted octanol–water partition coefficient (Wildman–Crippen LogP) is 18.2. The fourth-order valence-electron chi connectivity index (χ4n) is 10.3. The summed E-state index contributed by atoms with van der Waals surface area (Å²) in [6.07, 6.45) is 19.4. The van der Waals surface area contributed by atoms with Gasteiger partial charge in [-0.25, -0.2) is 4.98 Å². The lowest BCUT2D eigenvalue weighted by Gasteiger charge is -2.17. The van der Waals surface area contributed by atoms with E-state index in [-0.39, 0.29) is 6.04 Å². The topological polar surface area (TPSA) is 27.7 Å². The predicted molar refractivity (Wildman–Crippen MR) is 300 cm³/mol. The zero-order valence-electron chi connectivity index (χ0n) is 41.1. The molecule has 4 aromatic heterocycles. The highest BCUT2D eigenvalue weighted by molar-refractivity contribution is 6.08. The van der Waals surface area contributed by atoms with E-state index in [1.165, 1.54) is 54.9 Å². The lowest BCUT2D eigenvalue weighted by atomic mass is 9.98. The highest BCUT2D eigenvalue weighted by Crippen LogP contribution is 2.39. The minimum absolute atomic E-state index is 0.0288. The summed E-state index contributed by atoms with van der Waals surface area (Å²) in [5, 5.41) is 5.05. The first-order chi connectivity index (χ1) is 34.0. The number of rotatable bonds is 10. The van der Waals surface area contributed by atoms with Gasteiger partial charge in [-0.05, 0) is 123 Å². The second kappa shape index (κ2) is 20.5. The summed E-state index contributed by atoms with van der Waals surface area (Å²) in [7, 11) is 0. The second-order valence-corrected chi connectivity index (χ2v) is 17.1. The molecule has 0 bridgehead atoms. The highest BCUT2D eigenvalue weighted by atomic mass is 15.0. The van der Waals surface area contributed by atoms with Crippen LogP contribution >= 0.6 is 0 Å². The van der Waals surface area contributed by atoms with Crippen LogP contribution in [0.5, 0.6) is 0 Å². The van der Waals surface area contributed by atoms with Gasteiger partial charge in [0.05, 0.1) is 28.5 Å². The molecule has 0 N–H and O–H groups in total. The molecular weight excluding hydrogens is 837 g/mol. The zero-order valence-corrected chi connectivity index (χ0v) is 41.1. The molecule has 4 nitrogen and oxygen atoms in total. The van der Waals surface area contributed by atoms with Crippen LogP contribution in [0.2, 0.25) is 0 Å². The van der Waals surface area contributed by atoms with Crippen LogP contribution in [0.15, 0.2) is 201 Å². The lowest BCUT2D eigenvalue weighted by molar-refractivity contribution is 0.712. The Kier molecular flexibility index (Phi) is 13.7. The van der Waals surface area contributed by atoms with E-state index in [1.54, 1.807) is 0 Å². The van der Waals surface area contributed by atoms with E-state index in [4.69, 9.17) is 4.98 Å². The van der Waals surface area contributed by atoms with Crippen molar-refractivity contribution in [1.29, 1.82) is 0 Å². The Bertz CT molecular complexity index is 3560. The fraction of sp³-hybridized carbons (Fsp3) is 0.154. The van der Waals surface area contributed by atoms with E-state index in [9.17, 15) is 0 Å². The van der Waals surface area contributed by atoms with Gasteiger partial charge in [-0.15, -0.1) is 0 Å². The average molecular weight is 899 g/mol. The number of para-hydroxylation sites is 4. The van der Waals surface area contributed by atoms with Crippen molar-refractivity contribution >= 4 is 61.3 Å². The van der Waals surface area contributed by atoms with Crippen molar-refractivity contribution < 1.29 is 0 Å². The summed E-state index contributed by atoms with van der Waals surface area (Å²) in [5.74, 6) is 0. The van der Waals surface area contributed by atoms with Gasteiger partial charge in [0.1, 0.15) is 0 Å². The van der Waals surface area contributed by atoms with Gasteiger partial charge < -0.3 is 13.7 Å². The SMILES string of the molecule is C=C/C=C\c1c(C)c2ccccc2n1-c1cccc(-c2cc(-c3cccc(-n4c5c(c6ccccc64)C=CCC5)c3)cc(C(/C=C\C)=C/C(C)n3c4ccccc4c4ccccc43)n2)c1.CC.CC. The molecule has 0 saturated heterocycles. The Labute approximate surface area is 408 Å². The number of fused-ring (bicyclic) bond motifs is 7. The molecule has 1 unspecified atom stereocenters. The Balaban J connectivity index is 0.00000145. The van der Waals surface area contributed by atoms with Gasteiger partial charge in [0.25, 0.3) is 0 Å². The van der Waals surface area contributed by atoms with Gasteiger partial charge in [0.2, 0.25) is 0 Å². The van der Waals surface area contributed by atoms with Crippen molar-refractivity contribution in [2.24, 2.45) is 0 Å². The molecule has 4 heterocycles. The molecule has 4 heteroatoms. The highest BCUT2D eigenvalue weighted by Gasteiger charge is 2.21. The van der Waals surface area contributed by atoms with Crippen LogP contribution in [0.4, 0.5) is 0 Å². The van der Waals surface area contributed by atoms with Crippen LogP contribution in [0.1, 0.15) is 82.2 Å². The van der Waals surface area contributed by atoms with Crippen LogP contribution in [-0.2, 0) is 6.42 Å². The molecule has 1 atom stereocenters. The quantitative estimate of drug-likeness (QED) is 0.126. The van der Waals surface area contributed by atoms with Crippen LogP contribution in [0.3, 0.4) is 0 Å². The largest absolute Gasteiger partial charge is 0.334 e. The molecule has 342 valence electrons. The standard InChI is InChI=1S/C61H50N4.2C2H6/c1-5-7-30-56-42(4)49-25-8-13-31-57(49)64(56)48-24-19-22-45(38-48)55-40-46(43-21-18-23-47(37-43)65-60-34-16-11-28-52(60)53-29-12-17-35-61(53)65)39-54(62-55)44(20-6-2)36-41(3)63-58-32-14-9-26-50(58)51-27-10-15-33-59(51)63;2*1-2/h5-16,18-34,36-41H,1,17,35H2,2-4H3;2*1-2H3/b20-6-,30-7-,44-36+;;. The lowest BCUT2D eigenvalue weighted by Crippen LogP contribution is -2.04. The van der Waals surface area contributed by atoms with Gasteiger partial charge in [0, 0.05) is 66.5 Å². The Morgan fingerprint density at radius 2 is 1.20 bits per heavy atom. The maximum absolute atomic E-state index is 5.57. The third kappa shape index (κ3) is 8.53. The molecule has 0 fully saturated rings. The van der Waals surface area contributed by atoms with E-state index in [1.807, 2.05) is 39.8 Å². The minimum Gasteiger partial charge on any atom is -0.334 e. The van der Waals surface area contributed by atoms with Crippen molar-refractivity contribution in [2.75, 3.05) is 0 Å². The first kappa shape index (κ1) is 46.2. The average Bonchev–Trinajstić information content (AvgIpc) is 4.04. The van der Waals surface area contributed by atoms with Crippen molar-refractivity contribution in [3.8, 4) is 33.8 Å². The number of allylic oxidation sites excluding steroid dienone is 7. The van der Waals surface area contributed by atoms with Crippen molar-refractivity contribution in [2.45, 2.75) is 67.3 Å². The Hall–Kier alpha value is -7.95. The van der Waals surface area contributed by atoms with Crippen LogP contribution in [0, 0.1) is 6.92 Å². The van der Waals surface area contributed by atoms with Crippen molar-refractivity contribution in [3.05, 3.63) is 229 Å². The van der Waals surface area contributed by atoms with Gasteiger partial charge in [-0.3, -0.25) is 0 Å². The molecule has 0 spiro atoms. The number of hydrogen-bond acceptors (Lipinski definition) is 1. The Morgan fingerprint density at radius 3 is 1.87 bits per heavy atom. The third-order valence-electron chi connectivity index (χ3n) is 13.2. The van der Waals surface area contributed by atoms with Crippen LogP contribution in [-0.4, -0.2) is 18.7 Å². The van der Waals surface area contributed by atoms with Crippen molar-refractivity contribution in [1.82, 2.24) is 18.7 Å². The Morgan fingerprint density at radius 1 is 0.623 bits per heavy atom. The number of pyridine rings is 1. The number of nitrogens with zero attached hydrogens (tertiary/aromatic N) is 4. The molecule has 69 heavy (non-hydrogen) atoms. The minimum atomic E-state index is 0.0288. The zero-order chi connectivity index (χ0) is 48.0. The van der Waals surface area contributed by atoms with Crippen molar-refractivity contribution in [3.63, 3.8) is 0 Å². The molecule has 11 rings (SSSR count). The fourth-order valence-corrected chi connectivity index (χ4v) is 10.3. The summed E-state index contributed by atoms with van der Waals surface area (Å²) < 4.78 is 7.30. The van der Waals surface area contributed by atoms with Gasteiger partial charge >= 0.3 is 0 Å². The molecule has 0 radical (unpaired) electrons. The first-order valence-electron chi connectivity index (χ1n) is 24.7. The molecule has 10 aromatic rings. The molecule has 0 saturated carbocycles. The van der Waals surface area contributed by atoms with Gasteiger partial charge in [0.15, 0.2) is 0 Å². The maximum Gasteiger partial charge on any atom is 0.0716 e. The van der Waals surface area contributed by atoms with E-state index in [0.717, 1.165) is 69.1 Å². The smallest absolute Gasteiger partial charge is 0.0716 e. The normalized spacial score (nSPS) is 12.9. The summed E-state index contributed by atoms with van der Waals surface area (Å²) in [6.45, 7) is 18.6. The molecule has 6 aromatic carbocycles. The molecular formula is C65H62N4. The molecule has 1 aliphatic rings. The molecule has 0 aliphatic heterocycles. The third-order valence-corrected chi connectivity index (χ3v) is 13.2. The molecule has 1 aliphatic carbocycles. The summed E-state index contributed by atoms with van der Waals surface area (Å²) in [4.78, 5) is 5.57. The van der Waals surface area contributed by atoms with Gasteiger partial charge in [-0.2, -0.15) is 0 Å². The van der Waals surface area contributed by atoms with E-state index in [2.05, 4.69) is 235 Å².